The number of amides is 1. The molecule has 1 aliphatic rings. The van der Waals surface area contributed by atoms with Crippen LogP contribution in [0.4, 0.5) is 0 Å². The summed E-state index contributed by atoms with van der Waals surface area (Å²) in [5, 5.41) is 16.1. The van der Waals surface area contributed by atoms with Gasteiger partial charge < -0.3 is 20.5 Å². The van der Waals surface area contributed by atoms with Crippen LogP contribution in [0.15, 0.2) is 0 Å². The second-order valence-corrected chi connectivity index (χ2v) is 5.20. The molecule has 1 amide bonds. The van der Waals surface area contributed by atoms with E-state index in [-0.39, 0.29) is 18.5 Å². The fourth-order valence-corrected chi connectivity index (χ4v) is 2.17. The van der Waals surface area contributed by atoms with Crippen LogP contribution in [0.3, 0.4) is 0 Å². The zero-order valence-corrected chi connectivity index (χ0v) is 11.5. The van der Waals surface area contributed by atoms with Gasteiger partial charge >= 0.3 is 0 Å². The SMILES string of the molecule is CCCC(C)NC(=O)CNCC1(O)CCOCC1. The number of hydrogen-bond donors (Lipinski definition) is 3. The first-order valence-corrected chi connectivity index (χ1v) is 6.86. The van der Waals surface area contributed by atoms with Gasteiger partial charge in [-0.25, -0.2) is 0 Å². The highest BCUT2D eigenvalue weighted by Gasteiger charge is 2.29. The van der Waals surface area contributed by atoms with Crippen molar-refractivity contribution in [2.24, 2.45) is 0 Å². The highest BCUT2D eigenvalue weighted by molar-refractivity contribution is 5.78. The van der Waals surface area contributed by atoms with E-state index in [1.807, 2.05) is 6.92 Å². The average molecular weight is 258 g/mol. The van der Waals surface area contributed by atoms with Crippen LogP contribution in [0.25, 0.3) is 0 Å². The zero-order chi connectivity index (χ0) is 13.4. The summed E-state index contributed by atoms with van der Waals surface area (Å²) in [4.78, 5) is 11.6. The standard InChI is InChI=1S/C13H26N2O3/c1-3-4-11(2)15-12(16)9-14-10-13(17)5-7-18-8-6-13/h11,14,17H,3-10H2,1-2H3,(H,15,16). The van der Waals surface area contributed by atoms with E-state index in [0.29, 0.717) is 32.6 Å². The van der Waals surface area contributed by atoms with Gasteiger partial charge in [-0.1, -0.05) is 13.3 Å². The Labute approximate surface area is 109 Å². The Morgan fingerprint density at radius 2 is 2.11 bits per heavy atom. The molecule has 0 aromatic heterocycles. The summed E-state index contributed by atoms with van der Waals surface area (Å²) in [6, 6.07) is 0.218. The first-order chi connectivity index (χ1) is 8.56. The van der Waals surface area contributed by atoms with Gasteiger partial charge in [-0.2, -0.15) is 0 Å². The van der Waals surface area contributed by atoms with Gasteiger partial charge in [0.15, 0.2) is 0 Å². The average Bonchev–Trinajstić information content (AvgIpc) is 2.29. The molecule has 1 aliphatic heterocycles. The molecule has 1 rings (SSSR count). The Balaban J connectivity index is 2.14. The van der Waals surface area contributed by atoms with E-state index in [1.165, 1.54) is 0 Å². The van der Waals surface area contributed by atoms with E-state index in [1.54, 1.807) is 0 Å². The highest BCUT2D eigenvalue weighted by Crippen LogP contribution is 2.18. The van der Waals surface area contributed by atoms with E-state index >= 15 is 0 Å². The van der Waals surface area contributed by atoms with Gasteiger partial charge in [-0.15, -0.1) is 0 Å². The van der Waals surface area contributed by atoms with E-state index in [2.05, 4.69) is 17.6 Å². The molecule has 0 saturated carbocycles. The zero-order valence-electron chi connectivity index (χ0n) is 11.5. The number of aliphatic hydroxyl groups is 1. The number of rotatable bonds is 7. The van der Waals surface area contributed by atoms with Gasteiger partial charge in [0.25, 0.3) is 0 Å². The number of carbonyl (C=O) groups excluding carboxylic acids is 1. The molecule has 0 aromatic carbocycles. The van der Waals surface area contributed by atoms with Crippen LogP contribution in [-0.4, -0.2) is 49.0 Å². The van der Waals surface area contributed by atoms with Crippen LogP contribution in [0.1, 0.15) is 39.5 Å². The predicted octanol–water partition coefficient (Wildman–Crippen LogP) is 0.422. The van der Waals surface area contributed by atoms with Crippen LogP contribution < -0.4 is 10.6 Å². The first-order valence-electron chi connectivity index (χ1n) is 6.86. The van der Waals surface area contributed by atoms with E-state index in [0.717, 1.165) is 12.8 Å². The van der Waals surface area contributed by atoms with Crippen molar-refractivity contribution in [2.45, 2.75) is 51.2 Å². The molecule has 5 nitrogen and oxygen atoms in total. The van der Waals surface area contributed by atoms with Gasteiger partial charge in [-0.05, 0) is 13.3 Å². The minimum absolute atomic E-state index is 0.00777. The molecule has 1 unspecified atom stereocenters. The monoisotopic (exact) mass is 258 g/mol. The highest BCUT2D eigenvalue weighted by atomic mass is 16.5. The molecular formula is C13H26N2O3. The lowest BCUT2D eigenvalue weighted by Crippen LogP contribution is -2.48. The minimum Gasteiger partial charge on any atom is -0.388 e. The second-order valence-electron chi connectivity index (χ2n) is 5.20. The quantitative estimate of drug-likeness (QED) is 0.619. The third kappa shape index (κ3) is 5.80. The molecule has 0 aromatic rings. The largest absolute Gasteiger partial charge is 0.388 e. The van der Waals surface area contributed by atoms with E-state index < -0.39 is 5.60 Å². The molecule has 0 bridgehead atoms. The summed E-state index contributed by atoms with van der Waals surface area (Å²) < 4.78 is 5.20. The Morgan fingerprint density at radius 3 is 2.72 bits per heavy atom. The maximum absolute atomic E-state index is 11.6. The molecule has 1 fully saturated rings. The van der Waals surface area contributed by atoms with Crippen molar-refractivity contribution in [3.63, 3.8) is 0 Å². The van der Waals surface area contributed by atoms with Crippen molar-refractivity contribution in [3.05, 3.63) is 0 Å². The molecule has 0 aliphatic carbocycles. The number of ether oxygens (including phenoxy) is 1. The third-order valence-electron chi connectivity index (χ3n) is 3.29. The fourth-order valence-electron chi connectivity index (χ4n) is 2.17. The van der Waals surface area contributed by atoms with Crippen molar-refractivity contribution in [2.75, 3.05) is 26.3 Å². The molecule has 106 valence electrons. The fraction of sp³-hybridized carbons (Fsp3) is 0.923. The van der Waals surface area contributed by atoms with Crippen LogP contribution in [-0.2, 0) is 9.53 Å². The lowest BCUT2D eigenvalue weighted by Gasteiger charge is -2.32. The predicted molar refractivity (Wildman–Crippen MR) is 70.4 cm³/mol. The van der Waals surface area contributed by atoms with Crippen molar-refractivity contribution in [1.29, 1.82) is 0 Å². The number of nitrogens with one attached hydrogen (secondary N) is 2. The summed E-state index contributed by atoms with van der Waals surface area (Å²) in [6.45, 7) is 6.01. The van der Waals surface area contributed by atoms with Crippen molar-refractivity contribution >= 4 is 5.91 Å². The summed E-state index contributed by atoms with van der Waals surface area (Å²) in [5.74, 6) is -0.00777. The molecule has 0 radical (unpaired) electrons. The summed E-state index contributed by atoms with van der Waals surface area (Å²) >= 11 is 0. The molecule has 18 heavy (non-hydrogen) atoms. The van der Waals surface area contributed by atoms with Gasteiger partial charge in [0, 0.05) is 38.6 Å². The van der Waals surface area contributed by atoms with Gasteiger partial charge in [0.2, 0.25) is 5.91 Å². The Hall–Kier alpha value is -0.650. The van der Waals surface area contributed by atoms with Crippen LogP contribution in [0.2, 0.25) is 0 Å². The first kappa shape index (κ1) is 15.4. The van der Waals surface area contributed by atoms with Crippen LogP contribution in [0.5, 0.6) is 0 Å². The summed E-state index contributed by atoms with van der Waals surface area (Å²) in [6.07, 6.45) is 3.32. The smallest absolute Gasteiger partial charge is 0.234 e. The molecule has 5 heteroatoms. The maximum atomic E-state index is 11.6. The Kier molecular flexibility index (Phi) is 6.60. The van der Waals surface area contributed by atoms with E-state index in [4.69, 9.17) is 4.74 Å². The molecule has 1 heterocycles. The van der Waals surface area contributed by atoms with E-state index in [9.17, 15) is 9.90 Å². The van der Waals surface area contributed by atoms with Crippen molar-refractivity contribution < 1.29 is 14.6 Å². The molecule has 0 spiro atoms. The van der Waals surface area contributed by atoms with Crippen molar-refractivity contribution in [1.82, 2.24) is 10.6 Å². The minimum atomic E-state index is -0.715. The maximum Gasteiger partial charge on any atom is 0.234 e. The summed E-state index contributed by atoms with van der Waals surface area (Å²) in [5.41, 5.74) is -0.715. The normalized spacial score (nSPS) is 20.4. The van der Waals surface area contributed by atoms with Crippen LogP contribution >= 0.6 is 0 Å². The summed E-state index contributed by atoms with van der Waals surface area (Å²) in [7, 11) is 0. The molecule has 3 N–H and O–H groups in total. The molecular weight excluding hydrogens is 232 g/mol. The number of carbonyl (C=O) groups is 1. The Morgan fingerprint density at radius 1 is 1.44 bits per heavy atom. The second kappa shape index (κ2) is 7.71. The lowest BCUT2D eigenvalue weighted by molar-refractivity contribution is -0.121. The third-order valence-corrected chi connectivity index (χ3v) is 3.29. The Bertz CT molecular complexity index is 253. The van der Waals surface area contributed by atoms with Crippen LogP contribution in [0, 0.1) is 0 Å². The lowest BCUT2D eigenvalue weighted by atomic mass is 9.94. The topological polar surface area (TPSA) is 70.6 Å². The van der Waals surface area contributed by atoms with Gasteiger partial charge in [0.05, 0.1) is 12.1 Å². The van der Waals surface area contributed by atoms with Crippen molar-refractivity contribution in [3.8, 4) is 0 Å². The molecule has 1 atom stereocenters. The van der Waals surface area contributed by atoms with Gasteiger partial charge in [0.1, 0.15) is 0 Å². The van der Waals surface area contributed by atoms with Gasteiger partial charge in [-0.3, -0.25) is 4.79 Å². The number of hydrogen-bond acceptors (Lipinski definition) is 4. The molecule has 1 saturated heterocycles.